The van der Waals surface area contributed by atoms with Gasteiger partial charge in [-0.1, -0.05) is 36.4 Å². The molecule has 0 atom stereocenters. The molecule has 4 rings (SSSR count). The molecule has 156 valence electrons. The molecule has 1 heterocycles. The van der Waals surface area contributed by atoms with Crippen LogP contribution in [0.5, 0.6) is 0 Å². The molecular formula is C23H25N3O3S. The molecule has 0 aliphatic carbocycles. The lowest BCUT2D eigenvalue weighted by molar-refractivity contribution is -0.114. The lowest BCUT2D eigenvalue weighted by Crippen LogP contribution is -2.37. The second-order valence-electron chi connectivity index (χ2n) is 7.56. The Labute approximate surface area is 177 Å². The Morgan fingerprint density at radius 2 is 1.63 bits per heavy atom. The molecule has 30 heavy (non-hydrogen) atoms. The molecule has 7 heteroatoms. The molecule has 3 aromatic rings. The highest BCUT2D eigenvalue weighted by Crippen LogP contribution is 2.28. The predicted molar refractivity (Wildman–Crippen MR) is 123 cm³/mol. The van der Waals surface area contributed by atoms with Crippen LogP contribution in [0.3, 0.4) is 0 Å². The van der Waals surface area contributed by atoms with Crippen LogP contribution in [-0.2, 0) is 14.8 Å². The lowest BCUT2D eigenvalue weighted by Gasteiger charge is -2.23. The molecule has 0 bridgehead atoms. The topological polar surface area (TPSA) is 69.7 Å². The summed E-state index contributed by atoms with van der Waals surface area (Å²) < 4.78 is 26.1. The summed E-state index contributed by atoms with van der Waals surface area (Å²) in [5.74, 6) is -0.387. The van der Waals surface area contributed by atoms with E-state index in [1.807, 2.05) is 54.6 Å². The van der Waals surface area contributed by atoms with Crippen molar-refractivity contribution in [1.29, 1.82) is 0 Å². The van der Waals surface area contributed by atoms with E-state index in [4.69, 9.17) is 0 Å². The number of nitrogens with zero attached hydrogens (tertiary/aromatic N) is 2. The SMILES string of the molecule is CS(=O)(=O)N(CC(=O)Nc1ccc(N2CCCC2)cc1)c1cccc2ccccc12. The standard InChI is InChI=1S/C23H25N3O3S/c1-30(28,29)26(22-10-6-8-18-7-2-3-9-21(18)22)17-23(27)24-19-11-13-20(14-12-19)25-15-4-5-16-25/h2-3,6-14H,4-5,15-17H2,1H3,(H,24,27). The van der Waals surface area contributed by atoms with E-state index in [9.17, 15) is 13.2 Å². The number of carbonyl (C=O) groups excluding carboxylic acids is 1. The molecule has 0 radical (unpaired) electrons. The second-order valence-corrected chi connectivity index (χ2v) is 9.46. The van der Waals surface area contributed by atoms with Crippen LogP contribution in [0.15, 0.2) is 66.7 Å². The average molecular weight is 424 g/mol. The molecule has 1 fully saturated rings. The molecule has 0 spiro atoms. The number of sulfonamides is 1. The van der Waals surface area contributed by atoms with Crippen LogP contribution in [0.25, 0.3) is 10.8 Å². The average Bonchev–Trinajstić information content (AvgIpc) is 3.26. The quantitative estimate of drug-likeness (QED) is 0.654. The predicted octanol–water partition coefficient (Wildman–Crippen LogP) is 3.84. The zero-order valence-corrected chi connectivity index (χ0v) is 17.7. The monoisotopic (exact) mass is 423 g/mol. The minimum absolute atomic E-state index is 0.291. The summed E-state index contributed by atoms with van der Waals surface area (Å²) in [5, 5.41) is 4.52. The maximum atomic E-state index is 12.7. The van der Waals surface area contributed by atoms with E-state index in [1.165, 1.54) is 12.8 Å². The number of hydrogen-bond acceptors (Lipinski definition) is 4. The summed E-state index contributed by atoms with van der Waals surface area (Å²) in [4.78, 5) is 15.0. The van der Waals surface area contributed by atoms with Gasteiger partial charge in [-0.2, -0.15) is 0 Å². The minimum Gasteiger partial charge on any atom is -0.372 e. The Hall–Kier alpha value is -3.06. The first-order chi connectivity index (χ1) is 14.4. The summed E-state index contributed by atoms with van der Waals surface area (Å²) in [6.45, 7) is 1.82. The van der Waals surface area contributed by atoms with Crippen LogP contribution in [0, 0.1) is 0 Å². The summed E-state index contributed by atoms with van der Waals surface area (Å²) in [6, 6.07) is 20.7. The zero-order valence-electron chi connectivity index (χ0n) is 16.9. The van der Waals surface area contributed by atoms with Crippen molar-refractivity contribution in [3.05, 3.63) is 66.7 Å². The minimum atomic E-state index is -3.65. The summed E-state index contributed by atoms with van der Waals surface area (Å²) >= 11 is 0. The molecule has 6 nitrogen and oxygen atoms in total. The van der Waals surface area contributed by atoms with Gasteiger partial charge in [-0.3, -0.25) is 9.10 Å². The molecular weight excluding hydrogens is 398 g/mol. The van der Waals surface area contributed by atoms with Gasteiger partial charge in [-0.25, -0.2) is 8.42 Å². The molecule has 1 N–H and O–H groups in total. The van der Waals surface area contributed by atoms with Crippen molar-refractivity contribution in [2.24, 2.45) is 0 Å². The van der Waals surface area contributed by atoms with Crippen molar-refractivity contribution >= 4 is 43.8 Å². The molecule has 1 aliphatic rings. The summed E-state index contributed by atoms with van der Waals surface area (Å²) in [5.41, 5.74) is 2.28. The number of carbonyl (C=O) groups is 1. The van der Waals surface area contributed by atoms with Crippen molar-refractivity contribution in [3.63, 3.8) is 0 Å². The number of nitrogens with one attached hydrogen (secondary N) is 1. The van der Waals surface area contributed by atoms with Gasteiger partial charge in [0, 0.05) is 29.9 Å². The molecule has 0 unspecified atom stereocenters. The van der Waals surface area contributed by atoms with Gasteiger partial charge in [-0.05, 0) is 48.6 Å². The highest BCUT2D eigenvalue weighted by molar-refractivity contribution is 7.92. The first-order valence-corrected chi connectivity index (χ1v) is 11.9. The number of hydrogen-bond donors (Lipinski definition) is 1. The number of benzene rings is 3. The van der Waals surface area contributed by atoms with E-state index in [1.54, 1.807) is 12.1 Å². The van der Waals surface area contributed by atoms with E-state index < -0.39 is 10.0 Å². The van der Waals surface area contributed by atoms with E-state index in [0.29, 0.717) is 11.4 Å². The van der Waals surface area contributed by atoms with Crippen LogP contribution in [0.2, 0.25) is 0 Å². The third-order valence-corrected chi connectivity index (χ3v) is 6.47. The highest BCUT2D eigenvalue weighted by atomic mass is 32.2. The molecule has 1 amide bonds. The van der Waals surface area contributed by atoms with Crippen molar-refractivity contribution in [2.45, 2.75) is 12.8 Å². The Morgan fingerprint density at radius 1 is 0.967 bits per heavy atom. The zero-order chi connectivity index (χ0) is 21.1. The molecule has 1 aliphatic heterocycles. The Kier molecular flexibility index (Phi) is 5.63. The fourth-order valence-electron chi connectivity index (χ4n) is 3.87. The fourth-order valence-corrected chi connectivity index (χ4v) is 4.74. The molecule has 0 aromatic heterocycles. The smallest absolute Gasteiger partial charge is 0.245 e. The van der Waals surface area contributed by atoms with Crippen LogP contribution in [0.1, 0.15) is 12.8 Å². The van der Waals surface area contributed by atoms with Crippen LogP contribution < -0.4 is 14.5 Å². The van der Waals surface area contributed by atoms with Crippen molar-refractivity contribution in [3.8, 4) is 0 Å². The molecule has 0 saturated carbocycles. The maximum Gasteiger partial charge on any atom is 0.245 e. The van der Waals surface area contributed by atoms with Gasteiger partial charge in [0.2, 0.25) is 15.9 Å². The van der Waals surface area contributed by atoms with Gasteiger partial charge < -0.3 is 10.2 Å². The Bertz CT molecular complexity index is 1150. The van der Waals surface area contributed by atoms with E-state index in [0.717, 1.165) is 40.1 Å². The van der Waals surface area contributed by atoms with Crippen molar-refractivity contribution < 1.29 is 13.2 Å². The van der Waals surface area contributed by atoms with Crippen LogP contribution in [0.4, 0.5) is 17.1 Å². The van der Waals surface area contributed by atoms with Gasteiger partial charge in [0.25, 0.3) is 0 Å². The summed E-state index contributed by atoms with van der Waals surface area (Å²) in [7, 11) is -3.65. The number of rotatable bonds is 6. The maximum absolute atomic E-state index is 12.7. The normalized spacial score (nSPS) is 14.1. The number of amides is 1. The van der Waals surface area contributed by atoms with Crippen LogP contribution in [-0.4, -0.2) is 40.2 Å². The van der Waals surface area contributed by atoms with Gasteiger partial charge >= 0.3 is 0 Å². The van der Waals surface area contributed by atoms with E-state index in [-0.39, 0.29) is 12.5 Å². The van der Waals surface area contributed by atoms with Crippen LogP contribution >= 0.6 is 0 Å². The van der Waals surface area contributed by atoms with Gasteiger partial charge in [0.05, 0.1) is 11.9 Å². The fraction of sp³-hybridized carbons (Fsp3) is 0.261. The second kappa shape index (κ2) is 8.36. The highest BCUT2D eigenvalue weighted by Gasteiger charge is 2.22. The molecule has 1 saturated heterocycles. The third kappa shape index (κ3) is 4.41. The number of anilines is 3. The van der Waals surface area contributed by atoms with Crippen molar-refractivity contribution in [1.82, 2.24) is 0 Å². The third-order valence-electron chi connectivity index (χ3n) is 5.35. The largest absolute Gasteiger partial charge is 0.372 e. The van der Waals surface area contributed by atoms with E-state index in [2.05, 4.69) is 10.2 Å². The first-order valence-electron chi connectivity index (χ1n) is 10.0. The molecule has 3 aromatic carbocycles. The van der Waals surface area contributed by atoms with Gasteiger partial charge in [-0.15, -0.1) is 0 Å². The van der Waals surface area contributed by atoms with Gasteiger partial charge in [0.15, 0.2) is 0 Å². The first kappa shape index (κ1) is 20.2. The van der Waals surface area contributed by atoms with E-state index >= 15 is 0 Å². The number of fused-ring (bicyclic) bond motifs is 1. The lowest BCUT2D eigenvalue weighted by atomic mass is 10.1. The summed E-state index contributed by atoms with van der Waals surface area (Å²) in [6.07, 6.45) is 3.52. The Balaban J connectivity index is 1.53. The Morgan fingerprint density at radius 3 is 2.33 bits per heavy atom. The van der Waals surface area contributed by atoms with Crippen molar-refractivity contribution in [2.75, 3.05) is 40.4 Å². The van der Waals surface area contributed by atoms with Gasteiger partial charge in [0.1, 0.15) is 6.54 Å².